The lowest BCUT2D eigenvalue weighted by molar-refractivity contribution is -0.146. The maximum Gasteiger partial charge on any atom is 0.500 e. The number of carbonyl (C=O) groups excluding carboxylic acids is 2. The first kappa shape index (κ1) is 24.0. The molecule has 0 rings (SSSR count). The second kappa shape index (κ2) is 15.2. The zero-order chi connectivity index (χ0) is 19.0. The Kier molecular flexibility index (Phi) is 14.6. The Bertz CT molecular complexity index is 357. The minimum absolute atomic E-state index is 0.0385. The van der Waals surface area contributed by atoms with E-state index in [4.69, 9.17) is 27.5 Å². The standard InChI is InChI=1S/C15H31NO8Si/c1-19-9-10-23-11-12-24-15(18)7-6-14(17)16-8-5-13-25(20-2,21-3)22-4/h5-13H2,1-4H3,(H,16,17). The lowest BCUT2D eigenvalue weighted by Gasteiger charge is -2.24. The van der Waals surface area contributed by atoms with Crippen LogP contribution in [0.5, 0.6) is 0 Å². The predicted octanol–water partition coefficient (Wildman–Crippen LogP) is 0.357. The molecule has 0 aliphatic rings. The van der Waals surface area contributed by atoms with E-state index in [9.17, 15) is 9.59 Å². The number of nitrogens with one attached hydrogen (secondary N) is 1. The van der Waals surface area contributed by atoms with Crippen molar-refractivity contribution < 1.29 is 37.1 Å². The molecule has 0 bridgehead atoms. The van der Waals surface area contributed by atoms with Crippen LogP contribution in [0.3, 0.4) is 0 Å². The van der Waals surface area contributed by atoms with E-state index in [1.807, 2.05) is 0 Å². The van der Waals surface area contributed by atoms with Gasteiger partial charge in [-0.1, -0.05) is 0 Å². The Morgan fingerprint density at radius 2 is 1.52 bits per heavy atom. The van der Waals surface area contributed by atoms with Crippen LogP contribution in [0, 0.1) is 0 Å². The average Bonchev–Trinajstić information content (AvgIpc) is 2.63. The highest BCUT2D eigenvalue weighted by molar-refractivity contribution is 6.60. The molecule has 10 heteroatoms. The molecule has 0 saturated heterocycles. The van der Waals surface area contributed by atoms with Gasteiger partial charge in [-0.3, -0.25) is 9.59 Å². The van der Waals surface area contributed by atoms with Crippen molar-refractivity contribution in [3.8, 4) is 0 Å². The quantitative estimate of drug-likeness (QED) is 0.232. The monoisotopic (exact) mass is 381 g/mol. The predicted molar refractivity (Wildman–Crippen MR) is 92.1 cm³/mol. The Labute approximate surface area is 150 Å². The SMILES string of the molecule is COCCOCCOC(=O)CCC(=O)NCCC[Si](OC)(OC)OC. The zero-order valence-corrected chi connectivity index (χ0v) is 16.6. The van der Waals surface area contributed by atoms with Gasteiger partial charge in [0.15, 0.2) is 0 Å². The van der Waals surface area contributed by atoms with E-state index in [0.29, 0.717) is 38.8 Å². The van der Waals surface area contributed by atoms with Gasteiger partial charge in [0.05, 0.1) is 26.2 Å². The molecule has 0 aromatic carbocycles. The van der Waals surface area contributed by atoms with Crippen molar-refractivity contribution in [3.05, 3.63) is 0 Å². The zero-order valence-electron chi connectivity index (χ0n) is 15.6. The van der Waals surface area contributed by atoms with Crippen molar-refractivity contribution in [2.24, 2.45) is 0 Å². The Morgan fingerprint density at radius 1 is 0.880 bits per heavy atom. The molecule has 25 heavy (non-hydrogen) atoms. The fourth-order valence-corrected chi connectivity index (χ4v) is 3.65. The van der Waals surface area contributed by atoms with Gasteiger partial charge in [-0.25, -0.2) is 0 Å². The molecule has 1 N–H and O–H groups in total. The lowest BCUT2D eigenvalue weighted by Crippen LogP contribution is -2.43. The summed E-state index contributed by atoms with van der Waals surface area (Å²) in [5, 5.41) is 2.74. The lowest BCUT2D eigenvalue weighted by atomic mass is 10.3. The van der Waals surface area contributed by atoms with Gasteiger partial charge in [0, 0.05) is 47.4 Å². The summed E-state index contributed by atoms with van der Waals surface area (Å²) < 4.78 is 30.8. The fraction of sp³-hybridized carbons (Fsp3) is 0.867. The largest absolute Gasteiger partial charge is 0.500 e. The summed E-state index contributed by atoms with van der Waals surface area (Å²) in [5.41, 5.74) is 0. The minimum Gasteiger partial charge on any atom is -0.463 e. The Hall–Kier alpha value is -1.04. The van der Waals surface area contributed by atoms with Crippen LogP contribution in [0.4, 0.5) is 0 Å². The third kappa shape index (κ3) is 12.0. The van der Waals surface area contributed by atoms with Gasteiger partial charge in [-0.2, -0.15) is 0 Å². The summed E-state index contributed by atoms with van der Waals surface area (Å²) in [6.07, 6.45) is 0.790. The summed E-state index contributed by atoms with van der Waals surface area (Å²) in [4.78, 5) is 23.2. The van der Waals surface area contributed by atoms with E-state index in [1.165, 1.54) is 0 Å². The number of esters is 1. The van der Waals surface area contributed by atoms with Crippen molar-refractivity contribution >= 4 is 20.7 Å². The second-order valence-electron chi connectivity index (χ2n) is 5.07. The third-order valence-corrected chi connectivity index (χ3v) is 6.23. The first-order valence-electron chi connectivity index (χ1n) is 8.18. The molecule has 0 aromatic heterocycles. The average molecular weight is 381 g/mol. The molecule has 0 atom stereocenters. The van der Waals surface area contributed by atoms with E-state index in [2.05, 4.69) is 5.32 Å². The molecular weight excluding hydrogens is 350 g/mol. The highest BCUT2D eigenvalue weighted by Gasteiger charge is 2.36. The topological polar surface area (TPSA) is 102 Å². The van der Waals surface area contributed by atoms with Crippen LogP contribution >= 0.6 is 0 Å². The van der Waals surface area contributed by atoms with E-state index in [1.54, 1.807) is 28.4 Å². The van der Waals surface area contributed by atoms with Crippen LogP contribution in [0.2, 0.25) is 6.04 Å². The molecule has 0 spiro atoms. The highest BCUT2D eigenvalue weighted by Crippen LogP contribution is 2.14. The number of carbonyl (C=O) groups is 2. The van der Waals surface area contributed by atoms with Gasteiger partial charge < -0.3 is 32.8 Å². The first-order valence-corrected chi connectivity index (χ1v) is 10.1. The number of ether oxygens (including phenoxy) is 3. The molecule has 9 nitrogen and oxygen atoms in total. The Balaban J connectivity index is 3.68. The van der Waals surface area contributed by atoms with Crippen LogP contribution in [0.15, 0.2) is 0 Å². The van der Waals surface area contributed by atoms with Crippen LogP contribution in [-0.2, 0) is 37.1 Å². The summed E-state index contributed by atoms with van der Waals surface area (Å²) in [6, 6.07) is 0.599. The number of methoxy groups -OCH3 is 1. The highest BCUT2D eigenvalue weighted by atomic mass is 28.4. The first-order chi connectivity index (χ1) is 12.0. The third-order valence-electron chi connectivity index (χ3n) is 3.39. The number of hydrogen-bond acceptors (Lipinski definition) is 8. The van der Waals surface area contributed by atoms with Crippen LogP contribution in [0.25, 0.3) is 0 Å². The molecule has 0 fully saturated rings. The maximum atomic E-state index is 11.7. The summed E-state index contributed by atoms with van der Waals surface area (Å²) >= 11 is 0. The fourth-order valence-electron chi connectivity index (χ4n) is 1.92. The summed E-state index contributed by atoms with van der Waals surface area (Å²) in [6.45, 7) is 1.89. The minimum atomic E-state index is -2.60. The van der Waals surface area contributed by atoms with Crippen LogP contribution in [0.1, 0.15) is 19.3 Å². The van der Waals surface area contributed by atoms with Crippen molar-refractivity contribution in [3.63, 3.8) is 0 Å². The van der Waals surface area contributed by atoms with Crippen LogP contribution < -0.4 is 5.32 Å². The van der Waals surface area contributed by atoms with Gasteiger partial charge in [-0.05, 0) is 6.42 Å². The Morgan fingerprint density at radius 3 is 2.12 bits per heavy atom. The number of amides is 1. The molecule has 0 unspecified atom stereocenters. The smallest absolute Gasteiger partial charge is 0.463 e. The van der Waals surface area contributed by atoms with Crippen LogP contribution in [-0.4, -0.2) is 82.1 Å². The number of hydrogen-bond donors (Lipinski definition) is 1. The van der Waals surface area contributed by atoms with Gasteiger partial charge in [-0.15, -0.1) is 0 Å². The molecule has 148 valence electrons. The molecule has 1 amide bonds. The number of rotatable bonds is 16. The van der Waals surface area contributed by atoms with Gasteiger partial charge in [0.25, 0.3) is 0 Å². The van der Waals surface area contributed by atoms with E-state index >= 15 is 0 Å². The molecule has 0 radical (unpaired) electrons. The van der Waals surface area contributed by atoms with Gasteiger partial charge in [0.2, 0.25) is 5.91 Å². The summed E-state index contributed by atoms with van der Waals surface area (Å²) in [7, 11) is 3.63. The normalized spacial score (nSPS) is 11.4. The van der Waals surface area contributed by atoms with Crippen molar-refractivity contribution in [2.75, 3.05) is 61.4 Å². The van der Waals surface area contributed by atoms with Gasteiger partial charge >= 0.3 is 14.8 Å². The van der Waals surface area contributed by atoms with Crippen molar-refractivity contribution in [2.45, 2.75) is 25.3 Å². The molecular formula is C15H31NO8Si. The maximum absolute atomic E-state index is 11.7. The van der Waals surface area contributed by atoms with E-state index in [0.717, 1.165) is 0 Å². The molecule has 0 saturated carbocycles. The molecule has 0 aliphatic carbocycles. The molecule has 0 heterocycles. The summed E-state index contributed by atoms with van der Waals surface area (Å²) in [5.74, 6) is -0.622. The molecule has 0 aliphatic heterocycles. The van der Waals surface area contributed by atoms with E-state index in [-0.39, 0.29) is 25.4 Å². The van der Waals surface area contributed by atoms with Gasteiger partial charge in [0.1, 0.15) is 6.61 Å². The van der Waals surface area contributed by atoms with E-state index < -0.39 is 14.8 Å². The van der Waals surface area contributed by atoms with Crippen molar-refractivity contribution in [1.82, 2.24) is 5.32 Å². The van der Waals surface area contributed by atoms with Crippen molar-refractivity contribution in [1.29, 1.82) is 0 Å². The molecule has 0 aromatic rings. The second-order valence-corrected chi connectivity index (χ2v) is 8.17.